The predicted octanol–water partition coefficient (Wildman–Crippen LogP) is 4.22. The summed E-state index contributed by atoms with van der Waals surface area (Å²) in [4.78, 5) is 0. The molecule has 0 aliphatic heterocycles. The van der Waals surface area contributed by atoms with Crippen LogP contribution in [0.15, 0.2) is 36.7 Å². The Kier molecular flexibility index (Phi) is 4.45. The van der Waals surface area contributed by atoms with Crippen molar-refractivity contribution in [3.05, 3.63) is 58.9 Å². The Labute approximate surface area is 128 Å². The molecule has 0 spiro atoms. The van der Waals surface area contributed by atoms with Gasteiger partial charge in [-0.05, 0) is 55.0 Å². The van der Waals surface area contributed by atoms with Gasteiger partial charge in [-0.15, -0.1) is 0 Å². The van der Waals surface area contributed by atoms with Crippen molar-refractivity contribution in [2.45, 2.75) is 52.1 Å². The summed E-state index contributed by atoms with van der Waals surface area (Å²) >= 11 is 0. The molecule has 1 N–H and O–H groups in total. The van der Waals surface area contributed by atoms with Gasteiger partial charge in [-0.25, -0.2) is 0 Å². The highest BCUT2D eigenvalue weighted by Crippen LogP contribution is 2.29. The van der Waals surface area contributed by atoms with E-state index < -0.39 is 0 Å². The number of rotatable bonds is 4. The predicted molar refractivity (Wildman–Crippen MR) is 88.7 cm³/mol. The maximum atomic E-state index is 3.66. The van der Waals surface area contributed by atoms with Crippen molar-refractivity contribution in [2.75, 3.05) is 6.54 Å². The van der Waals surface area contributed by atoms with Gasteiger partial charge in [0.25, 0.3) is 0 Å². The topological polar surface area (TPSA) is 17.0 Å². The highest BCUT2D eigenvalue weighted by Gasteiger charge is 2.19. The molecule has 3 rings (SSSR count). The smallest absolute Gasteiger partial charge is 0.0473 e. The summed E-state index contributed by atoms with van der Waals surface area (Å²) in [5.41, 5.74) is 5.88. The molecule has 1 atom stereocenters. The van der Waals surface area contributed by atoms with Crippen LogP contribution in [0.25, 0.3) is 0 Å². The molecule has 0 radical (unpaired) electrons. The molecule has 112 valence electrons. The fourth-order valence-corrected chi connectivity index (χ4v) is 3.45. The van der Waals surface area contributed by atoms with Crippen molar-refractivity contribution in [3.63, 3.8) is 0 Å². The van der Waals surface area contributed by atoms with Gasteiger partial charge in [-0.3, -0.25) is 0 Å². The van der Waals surface area contributed by atoms with Gasteiger partial charge < -0.3 is 9.88 Å². The van der Waals surface area contributed by atoms with E-state index in [1.54, 1.807) is 5.56 Å². The van der Waals surface area contributed by atoms with E-state index in [1.165, 1.54) is 42.4 Å². The molecule has 1 aromatic heterocycles. The monoisotopic (exact) mass is 282 g/mol. The second-order valence-corrected chi connectivity index (χ2v) is 6.19. The highest BCUT2D eigenvalue weighted by molar-refractivity contribution is 5.31. The Morgan fingerprint density at radius 3 is 2.86 bits per heavy atom. The molecule has 0 saturated heterocycles. The number of hydrogen-bond donors (Lipinski definition) is 1. The molecule has 1 aliphatic carbocycles. The van der Waals surface area contributed by atoms with Crippen molar-refractivity contribution < 1.29 is 0 Å². The van der Waals surface area contributed by atoms with E-state index in [9.17, 15) is 0 Å². The van der Waals surface area contributed by atoms with Gasteiger partial charge in [0.2, 0.25) is 0 Å². The summed E-state index contributed by atoms with van der Waals surface area (Å²) in [7, 11) is 0. The van der Waals surface area contributed by atoms with Gasteiger partial charge in [0.1, 0.15) is 0 Å². The molecule has 1 unspecified atom stereocenters. The van der Waals surface area contributed by atoms with Gasteiger partial charge in [0, 0.05) is 25.0 Å². The lowest BCUT2D eigenvalue weighted by Crippen LogP contribution is -2.20. The average Bonchev–Trinajstić information content (AvgIpc) is 2.79. The summed E-state index contributed by atoms with van der Waals surface area (Å²) in [6.45, 7) is 6.44. The molecule has 2 heteroatoms. The van der Waals surface area contributed by atoms with Gasteiger partial charge >= 0.3 is 0 Å². The van der Waals surface area contributed by atoms with E-state index in [-0.39, 0.29) is 0 Å². The number of fused-ring (bicyclic) bond motifs is 1. The molecule has 0 saturated carbocycles. The molecular weight excluding hydrogens is 256 g/mol. The third-order valence-electron chi connectivity index (χ3n) is 4.63. The first-order valence-electron chi connectivity index (χ1n) is 8.24. The number of aromatic nitrogens is 1. The zero-order valence-electron chi connectivity index (χ0n) is 13.2. The Morgan fingerprint density at radius 1 is 1.19 bits per heavy atom. The molecule has 1 aromatic carbocycles. The summed E-state index contributed by atoms with van der Waals surface area (Å²) in [5.74, 6) is 0. The molecule has 2 aromatic rings. The largest absolute Gasteiger partial charge is 0.349 e. The van der Waals surface area contributed by atoms with Crippen molar-refractivity contribution in [2.24, 2.45) is 0 Å². The van der Waals surface area contributed by atoms with Gasteiger partial charge in [-0.2, -0.15) is 0 Å². The Bertz CT molecular complexity index is 597. The Balaban J connectivity index is 1.85. The summed E-state index contributed by atoms with van der Waals surface area (Å²) < 4.78 is 2.38. The van der Waals surface area contributed by atoms with Crippen LogP contribution in [-0.4, -0.2) is 11.1 Å². The van der Waals surface area contributed by atoms with Crippen molar-refractivity contribution in [1.29, 1.82) is 0 Å². The quantitative estimate of drug-likeness (QED) is 0.831. The van der Waals surface area contributed by atoms with Crippen LogP contribution in [0.1, 0.15) is 54.5 Å². The van der Waals surface area contributed by atoms with E-state index >= 15 is 0 Å². The van der Waals surface area contributed by atoms with E-state index in [0.29, 0.717) is 6.04 Å². The third-order valence-corrected chi connectivity index (χ3v) is 4.63. The van der Waals surface area contributed by atoms with Crippen LogP contribution in [-0.2, 0) is 13.0 Å². The fourth-order valence-electron chi connectivity index (χ4n) is 3.45. The van der Waals surface area contributed by atoms with E-state index in [1.807, 2.05) is 0 Å². The number of benzene rings is 1. The van der Waals surface area contributed by atoms with Crippen molar-refractivity contribution in [3.8, 4) is 0 Å². The molecule has 1 heterocycles. The van der Waals surface area contributed by atoms with Crippen LogP contribution in [0.4, 0.5) is 0 Å². The van der Waals surface area contributed by atoms with Crippen LogP contribution < -0.4 is 5.32 Å². The maximum Gasteiger partial charge on any atom is 0.0473 e. The first-order chi connectivity index (χ1) is 10.3. The van der Waals surface area contributed by atoms with Crippen LogP contribution in [0.3, 0.4) is 0 Å². The van der Waals surface area contributed by atoms with E-state index in [4.69, 9.17) is 0 Å². The lowest BCUT2D eigenvalue weighted by molar-refractivity contribution is 0.502. The molecule has 0 amide bonds. The molecule has 2 nitrogen and oxygen atoms in total. The Morgan fingerprint density at radius 2 is 2.05 bits per heavy atom. The maximum absolute atomic E-state index is 3.66. The summed E-state index contributed by atoms with van der Waals surface area (Å²) in [6.07, 6.45) is 9.92. The van der Waals surface area contributed by atoms with Crippen molar-refractivity contribution in [1.82, 2.24) is 9.88 Å². The van der Waals surface area contributed by atoms with Crippen LogP contribution >= 0.6 is 0 Å². The second-order valence-electron chi connectivity index (χ2n) is 6.19. The average molecular weight is 282 g/mol. The number of nitrogens with one attached hydrogen (secondary N) is 1. The van der Waals surface area contributed by atoms with E-state index in [0.717, 1.165) is 13.1 Å². The molecule has 0 fully saturated rings. The lowest BCUT2D eigenvalue weighted by Gasteiger charge is -2.15. The standard InChI is InChI=1S/C19H26N2/c1-3-20-19-11-7-6-10-17-13-21(14-18(17)19)12-16-9-5-4-8-15(16)2/h4-5,8-9,13-14,19-20H,3,6-7,10-12H2,1-2H3. The Hall–Kier alpha value is -1.54. The first kappa shape index (κ1) is 14.4. The zero-order valence-corrected chi connectivity index (χ0v) is 13.2. The number of hydrogen-bond acceptors (Lipinski definition) is 1. The minimum atomic E-state index is 0.547. The van der Waals surface area contributed by atoms with Gasteiger partial charge in [0.05, 0.1) is 0 Å². The van der Waals surface area contributed by atoms with E-state index in [2.05, 4.69) is 60.4 Å². The summed E-state index contributed by atoms with van der Waals surface area (Å²) in [5, 5.41) is 3.66. The van der Waals surface area contributed by atoms with Crippen molar-refractivity contribution >= 4 is 0 Å². The first-order valence-corrected chi connectivity index (χ1v) is 8.24. The van der Waals surface area contributed by atoms with Crippen LogP contribution in [0.2, 0.25) is 0 Å². The van der Waals surface area contributed by atoms with Crippen LogP contribution in [0, 0.1) is 6.92 Å². The van der Waals surface area contributed by atoms with Gasteiger partial charge in [-0.1, -0.05) is 37.6 Å². The second kappa shape index (κ2) is 6.48. The number of aryl methyl sites for hydroxylation is 2. The van der Waals surface area contributed by atoms with Crippen LogP contribution in [0.5, 0.6) is 0 Å². The molecule has 21 heavy (non-hydrogen) atoms. The minimum Gasteiger partial charge on any atom is -0.349 e. The normalized spacial score (nSPS) is 18.3. The summed E-state index contributed by atoms with van der Waals surface area (Å²) in [6, 6.07) is 9.24. The number of nitrogens with zero attached hydrogens (tertiary/aromatic N) is 1. The minimum absolute atomic E-state index is 0.547. The fraction of sp³-hybridized carbons (Fsp3) is 0.474. The molecule has 0 bridgehead atoms. The zero-order chi connectivity index (χ0) is 14.7. The van der Waals surface area contributed by atoms with Gasteiger partial charge in [0.15, 0.2) is 0 Å². The lowest BCUT2D eigenvalue weighted by atomic mass is 10.0. The third kappa shape index (κ3) is 3.21. The highest BCUT2D eigenvalue weighted by atomic mass is 15.0. The SMILES string of the molecule is CCNC1CCCCc2cn(Cc3ccccc3C)cc21. The molecule has 1 aliphatic rings. The molecular formula is C19H26N2.